The quantitative estimate of drug-likeness (QED) is 0.920. The predicted molar refractivity (Wildman–Crippen MR) is 74.6 cm³/mol. The van der Waals surface area contributed by atoms with Crippen LogP contribution in [0.3, 0.4) is 0 Å². The van der Waals surface area contributed by atoms with E-state index in [0.29, 0.717) is 17.1 Å². The summed E-state index contributed by atoms with van der Waals surface area (Å²) < 4.78 is 37.0. The van der Waals surface area contributed by atoms with Gasteiger partial charge >= 0.3 is 0 Å². The average molecular weight is 294 g/mol. The Labute approximate surface area is 121 Å². The van der Waals surface area contributed by atoms with E-state index >= 15 is 0 Å². The molecule has 21 heavy (non-hydrogen) atoms. The molecular weight excluding hydrogens is 278 g/mol. The molecule has 5 heteroatoms. The second-order valence-corrected chi connectivity index (χ2v) is 4.56. The first-order valence-electron chi connectivity index (χ1n) is 6.39. The Kier molecular flexibility index (Phi) is 4.75. The second-order valence-electron chi connectivity index (χ2n) is 4.56. The number of methoxy groups -OCH3 is 2. The first-order valence-corrected chi connectivity index (χ1v) is 6.39. The third-order valence-electron chi connectivity index (χ3n) is 3.22. The zero-order chi connectivity index (χ0) is 15.4. The SMILES string of the molecule is COc1ccc(C(O)Cc2cc(F)ccc2F)c(OC)c1. The Hall–Kier alpha value is -2.14. The lowest BCUT2D eigenvalue weighted by molar-refractivity contribution is 0.172. The predicted octanol–water partition coefficient (Wildman–Crippen LogP) is 3.26. The van der Waals surface area contributed by atoms with Crippen molar-refractivity contribution >= 4 is 0 Å². The number of aliphatic hydroxyl groups excluding tert-OH is 1. The van der Waals surface area contributed by atoms with E-state index in [0.717, 1.165) is 18.2 Å². The molecule has 0 heterocycles. The summed E-state index contributed by atoms with van der Waals surface area (Å²) in [5.74, 6) is -0.0818. The van der Waals surface area contributed by atoms with Crippen molar-refractivity contribution in [2.45, 2.75) is 12.5 Å². The lowest BCUT2D eigenvalue weighted by atomic mass is 10.00. The molecule has 112 valence electrons. The van der Waals surface area contributed by atoms with Crippen LogP contribution in [0.25, 0.3) is 0 Å². The van der Waals surface area contributed by atoms with Crippen molar-refractivity contribution in [3.63, 3.8) is 0 Å². The van der Waals surface area contributed by atoms with Gasteiger partial charge in [0.25, 0.3) is 0 Å². The summed E-state index contributed by atoms with van der Waals surface area (Å²) in [5, 5.41) is 10.3. The Morgan fingerprint density at radius 1 is 1.05 bits per heavy atom. The van der Waals surface area contributed by atoms with Gasteiger partial charge < -0.3 is 14.6 Å². The summed E-state index contributed by atoms with van der Waals surface area (Å²) in [6.07, 6.45) is -1.06. The molecule has 0 fully saturated rings. The smallest absolute Gasteiger partial charge is 0.128 e. The Balaban J connectivity index is 2.27. The fourth-order valence-electron chi connectivity index (χ4n) is 2.11. The molecule has 3 nitrogen and oxygen atoms in total. The fourth-order valence-corrected chi connectivity index (χ4v) is 2.11. The molecule has 0 saturated carbocycles. The monoisotopic (exact) mass is 294 g/mol. The Morgan fingerprint density at radius 3 is 2.48 bits per heavy atom. The van der Waals surface area contributed by atoms with E-state index in [1.807, 2.05) is 0 Å². The van der Waals surface area contributed by atoms with Gasteiger partial charge in [-0.05, 0) is 35.9 Å². The van der Waals surface area contributed by atoms with Gasteiger partial charge in [0.1, 0.15) is 23.1 Å². The van der Waals surface area contributed by atoms with Crippen LogP contribution in [0.1, 0.15) is 17.2 Å². The minimum absolute atomic E-state index is 0.0493. The van der Waals surface area contributed by atoms with Gasteiger partial charge in [-0.3, -0.25) is 0 Å². The van der Waals surface area contributed by atoms with E-state index in [1.165, 1.54) is 14.2 Å². The summed E-state index contributed by atoms with van der Waals surface area (Å²) in [6, 6.07) is 8.10. The van der Waals surface area contributed by atoms with Crippen LogP contribution in [0.4, 0.5) is 8.78 Å². The van der Waals surface area contributed by atoms with Crippen LogP contribution < -0.4 is 9.47 Å². The molecule has 2 aromatic rings. The number of hydrogen-bond donors (Lipinski definition) is 1. The van der Waals surface area contributed by atoms with Crippen molar-refractivity contribution in [1.29, 1.82) is 0 Å². The highest BCUT2D eigenvalue weighted by Gasteiger charge is 2.17. The van der Waals surface area contributed by atoms with Crippen molar-refractivity contribution in [3.8, 4) is 11.5 Å². The van der Waals surface area contributed by atoms with Crippen molar-refractivity contribution in [2.24, 2.45) is 0 Å². The molecule has 0 aliphatic heterocycles. The maximum Gasteiger partial charge on any atom is 0.128 e. The highest BCUT2D eigenvalue weighted by Crippen LogP contribution is 2.31. The number of benzene rings is 2. The number of aliphatic hydroxyl groups is 1. The molecule has 0 spiro atoms. The number of halogens is 2. The molecule has 2 rings (SSSR count). The van der Waals surface area contributed by atoms with Gasteiger partial charge in [-0.2, -0.15) is 0 Å². The average Bonchev–Trinajstić information content (AvgIpc) is 2.50. The number of ether oxygens (including phenoxy) is 2. The van der Waals surface area contributed by atoms with Crippen LogP contribution in [0.5, 0.6) is 11.5 Å². The molecule has 0 amide bonds. The molecule has 0 aliphatic rings. The van der Waals surface area contributed by atoms with Gasteiger partial charge in [0, 0.05) is 18.1 Å². The van der Waals surface area contributed by atoms with Crippen LogP contribution in [0, 0.1) is 11.6 Å². The molecule has 0 radical (unpaired) electrons. The first-order chi connectivity index (χ1) is 10.0. The molecule has 1 N–H and O–H groups in total. The van der Waals surface area contributed by atoms with Gasteiger partial charge in [0.2, 0.25) is 0 Å². The Bertz CT molecular complexity index is 629. The minimum Gasteiger partial charge on any atom is -0.497 e. The van der Waals surface area contributed by atoms with Crippen molar-refractivity contribution in [3.05, 3.63) is 59.2 Å². The van der Waals surface area contributed by atoms with E-state index in [-0.39, 0.29) is 12.0 Å². The molecule has 1 unspecified atom stereocenters. The molecule has 2 aromatic carbocycles. The van der Waals surface area contributed by atoms with Crippen molar-refractivity contribution in [1.82, 2.24) is 0 Å². The topological polar surface area (TPSA) is 38.7 Å². The van der Waals surface area contributed by atoms with Crippen LogP contribution >= 0.6 is 0 Å². The molecule has 0 bridgehead atoms. The maximum absolute atomic E-state index is 13.6. The largest absolute Gasteiger partial charge is 0.497 e. The fraction of sp³-hybridized carbons (Fsp3) is 0.250. The van der Waals surface area contributed by atoms with Crippen LogP contribution in [-0.2, 0) is 6.42 Å². The lowest BCUT2D eigenvalue weighted by Gasteiger charge is -2.16. The zero-order valence-corrected chi connectivity index (χ0v) is 11.8. The summed E-state index contributed by atoms with van der Waals surface area (Å²) in [5.41, 5.74) is 0.599. The highest BCUT2D eigenvalue weighted by atomic mass is 19.1. The van der Waals surface area contributed by atoms with E-state index < -0.39 is 17.7 Å². The minimum atomic E-state index is -1.01. The normalized spacial score (nSPS) is 12.0. The van der Waals surface area contributed by atoms with Gasteiger partial charge in [0.05, 0.1) is 20.3 Å². The van der Waals surface area contributed by atoms with Crippen LogP contribution in [0.2, 0.25) is 0 Å². The van der Waals surface area contributed by atoms with Gasteiger partial charge in [-0.25, -0.2) is 8.78 Å². The maximum atomic E-state index is 13.6. The third-order valence-corrected chi connectivity index (χ3v) is 3.22. The van der Waals surface area contributed by atoms with Crippen molar-refractivity contribution in [2.75, 3.05) is 14.2 Å². The van der Waals surface area contributed by atoms with E-state index in [9.17, 15) is 13.9 Å². The molecule has 0 saturated heterocycles. The standard InChI is InChI=1S/C16H16F2O3/c1-20-12-4-5-13(16(9-12)21-2)15(19)8-10-7-11(17)3-6-14(10)18/h3-7,9,15,19H,8H2,1-2H3. The summed E-state index contributed by atoms with van der Waals surface area (Å²) >= 11 is 0. The highest BCUT2D eigenvalue weighted by molar-refractivity contribution is 5.42. The van der Waals surface area contributed by atoms with Crippen molar-refractivity contribution < 1.29 is 23.4 Å². The molecular formula is C16H16F2O3. The van der Waals surface area contributed by atoms with Gasteiger partial charge in [-0.1, -0.05) is 0 Å². The lowest BCUT2D eigenvalue weighted by Crippen LogP contribution is -2.06. The summed E-state index contributed by atoms with van der Waals surface area (Å²) in [4.78, 5) is 0. The van der Waals surface area contributed by atoms with Crippen LogP contribution in [0.15, 0.2) is 36.4 Å². The number of hydrogen-bond acceptors (Lipinski definition) is 3. The van der Waals surface area contributed by atoms with E-state index in [1.54, 1.807) is 18.2 Å². The summed E-state index contributed by atoms with van der Waals surface area (Å²) in [7, 11) is 2.99. The molecule has 1 atom stereocenters. The molecule has 0 aliphatic carbocycles. The van der Waals surface area contributed by atoms with E-state index in [4.69, 9.17) is 9.47 Å². The van der Waals surface area contributed by atoms with Gasteiger partial charge in [0.15, 0.2) is 0 Å². The zero-order valence-electron chi connectivity index (χ0n) is 11.8. The van der Waals surface area contributed by atoms with E-state index in [2.05, 4.69) is 0 Å². The first kappa shape index (κ1) is 15.3. The number of rotatable bonds is 5. The summed E-state index contributed by atoms with van der Waals surface area (Å²) in [6.45, 7) is 0. The third kappa shape index (κ3) is 3.49. The Morgan fingerprint density at radius 2 is 1.81 bits per heavy atom. The second kappa shape index (κ2) is 6.54. The van der Waals surface area contributed by atoms with Crippen LogP contribution in [-0.4, -0.2) is 19.3 Å². The van der Waals surface area contributed by atoms with Gasteiger partial charge in [-0.15, -0.1) is 0 Å². The molecule has 0 aromatic heterocycles.